The van der Waals surface area contributed by atoms with Crippen molar-refractivity contribution in [1.29, 1.82) is 0 Å². The lowest BCUT2D eigenvalue weighted by atomic mass is 10.1. The largest absolute Gasteiger partial charge is 0.308 e. The summed E-state index contributed by atoms with van der Waals surface area (Å²) in [6.07, 6.45) is 7.49. The summed E-state index contributed by atoms with van der Waals surface area (Å²) in [6.45, 7) is 2.56. The number of hydrogen-bond donors (Lipinski definition) is 0. The molecule has 2 heterocycles. The Balaban J connectivity index is 2.30. The third kappa shape index (κ3) is 1.50. The summed E-state index contributed by atoms with van der Waals surface area (Å²) in [5.74, 6) is 2.76. The first-order valence-electron chi connectivity index (χ1n) is 4.88. The maximum absolute atomic E-state index is 11.7. The lowest BCUT2D eigenvalue weighted by molar-refractivity contribution is -0.117. The summed E-state index contributed by atoms with van der Waals surface area (Å²) in [6, 6.07) is 0. The molecule has 1 aromatic rings. The monoisotopic (exact) mass is 203 g/mol. The topological polar surface area (TPSA) is 38.1 Å². The molecule has 15 heavy (non-hydrogen) atoms. The van der Waals surface area contributed by atoms with E-state index in [2.05, 4.69) is 11.0 Å². The highest BCUT2D eigenvalue weighted by Gasteiger charge is 2.31. The van der Waals surface area contributed by atoms with Crippen molar-refractivity contribution >= 4 is 11.6 Å². The van der Waals surface area contributed by atoms with Gasteiger partial charge in [-0.25, -0.2) is 0 Å². The minimum Gasteiger partial charge on any atom is -0.308 e. The van der Waals surface area contributed by atoms with Crippen LogP contribution in [0.1, 0.15) is 12.1 Å². The van der Waals surface area contributed by atoms with Crippen LogP contribution in [0.4, 0.5) is 5.69 Å². The van der Waals surface area contributed by atoms with Crippen LogP contribution in [-0.2, 0) is 11.8 Å². The van der Waals surface area contributed by atoms with Gasteiger partial charge in [0.2, 0.25) is 5.91 Å². The number of aryl methyl sites for hydroxylation is 1. The second-order valence-electron chi connectivity index (χ2n) is 3.81. The van der Waals surface area contributed by atoms with Crippen molar-refractivity contribution in [2.75, 3.05) is 11.4 Å². The third-order valence-corrected chi connectivity index (χ3v) is 2.86. The van der Waals surface area contributed by atoms with Crippen LogP contribution in [0.5, 0.6) is 0 Å². The zero-order chi connectivity index (χ0) is 11.0. The average Bonchev–Trinajstić information content (AvgIpc) is 2.73. The first-order chi connectivity index (χ1) is 7.13. The van der Waals surface area contributed by atoms with Crippen LogP contribution in [0.3, 0.4) is 0 Å². The van der Waals surface area contributed by atoms with Gasteiger partial charge in [-0.3, -0.25) is 9.48 Å². The number of anilines is 1. The predicted octanol–water partition coefficient (Wildman–Crippen LogP) is 0.715. The molecule has 0 N–H and O–H groups in total. The molecule has 1 saturated heterocycles. The lowest BCUT2D eigenvalue weighted by Crippen LogP contribution is -2.24. The number of amides is 1. The Morgan fingerprint density at radius 2 is 2.40 bits per heavy atom. The highest BCUT2D eigenvalue weighted by Crippen LogP contribution is 2.26. The summed E-state index contributed by atoms with van der Waals surface area (Å²) >= 11 is 0. The van der Waals surface area contributed by atoms with Gasteiger partial charge < -0.3 is 4.90 Å². The Hall–Kier alpha value is -1.76. The van der Waals surface area contributed by atoms with E-state index in [1.165, 1.54) is 0 Å². The first-order valence-corrected chi connectivity index (χ1v) is 4.88. The van der Waals surface area contributed by atoms with E-state index < -0.39 is 0 Å². The number of hydrogen-bond acceptors (Lipinski definition) is 2. The fourth-order valence-corrected chi connectivity index (χ4v) is 1.80. The highest BCUT2D eigenvalue weighted by atomic mass is 16.2. The molecule has 1 fully saturated rings. The molecule has 1 atom stereocenters. The van der Waals surface area contributed by atoms with Crippen molar-refractivity contribution in [3.63, 3.8) is 0 Å². The van der Waals surface area contributed by atoms with Gasteiger partial charge in [0.05, 0.1) is 17.6 Å². The fraction of sp³-hybridized carbons (Fsp3) is 0.455. The summed E-state index contributed by atoms with van der Waals surface area (Å²) < 4.78 is 1.76. The van der Waals surface area contributed by atoms with Gasteiger partial charge in [0.25, 0.3) is 0 Å². The van der Waals surface area contributed by atoms with Crippen LogP contribution in [0.25, 0.3) is 0 Å². The Morgan fingerprint density at radius 1 is 1.67 bits per heavy atom. The van der Waals surface area contributed by atoms with Crippen LogP contribution in [0, 0.1) is 25.2 Å². The van der Waals surface area contributed by atoms with E-state index in [4.69, 9.17) is 6.42 Å². The van der Waals surface area contributed by atoms with Crippen LogP contribution in [0.15, 0.2) is 6.20 Å². The molecule has 0 radical (unpaired) electrons. The molecule has 4 heteroatoms. The molecule has 1 aromatic heterocycles. The Bertz CT molecular complexity index is 441. The SMILES string of the molecule is C#CC1CC(=O)N(c2cnn(C)c2C)C1. The van der Waals surface area contributed by atoms with Gasteiger partial charge in [-0.1, -0.05) is 0 Å². The van der Waals surface area contributed by atoms with Crippen molar-refractivity contribution < 1.29 is 4.79 Å². The predicted molar refractivity (Wildman–Crippen MR) is 57.2 cm³/mol. The van der Waals surface area contributed by atoms with Gasteiger partial charge in [-0.2, -0.15) is 5.10 Å². The zero-order valence-corrected chi connectivity index (χ0v) is 8.90. The smallest absolute Gasteiger partial charge is 0.228 e. The molecule has 78 valence electrons. The average molecular weight is 203 g/mol. The van der Waals surface area contributed by atoms with Gasteiger partial charge in [0.1, 0.15) is 0 Å². The summed E-state index contributed by atoms with van der Waals surface area (Å²) in [5.41, 5.74) is 1.86. The Labute approximate surface area is 88.9 Å². The zero-order valence-electron chi connectivity index (χ0n) is 8.90. The molecule has 0 spiro atoms. The van der Waals surface area contributed by atoms with Crippen LogP contribution in [0.2, 0.25) is 0 Å². The number of aromatic nitrogens is 2. The molecule has 1 amide bonds. The molecule has 1 aliphatic rings. The van der Waals surface area contributed by atoms with Crippen molar-refractivity contribution in [1.82, 2.24) is 9.78 Å². The molecular weight excluding hydrogens is 190 g/mol. The maximum Gasteiger partial charge on any atom is 0.228 e. The molecule has 1 aliphatic heterocycles. The van der Waals surface area contributed by atoms with Gasteiger partial charge >= 0.3 is 0 Å². The number of carbonyl (C=O) groups excluding carboxylic acids is 1. The normalized spacial score (nSPS) is 20.7. The van der Waals surface area contributed by atoms with E-state index in [1.54, 1.807) is 15.8 Å². The molecule has 1 unspecified atom stereocenters. The van der Waals surface area contributed by atoms with Crippen molar-refractivity contribution in [3.8, 4) is 12.3 Å². The number of rotatable bonds is 1. The maximum atomic E-state index is 11.7. The van der Waals surface area contributed by atoms with E-state index >= 15 is 0 Å². The molecule has 0 saturated carbocycles. The Morgan fingerprint density at radius 3 is 2.87 bits per heavy atom. The number of carbonyl (C=O) groups is 1. The van der Waals surface area contributed by atoms with Gasteiger partial charge in [-0.05, 0) is 6.92 Å². The highest BCUT2D eigenvalue weighted by molar-refractivity contribution is 5.96. The second kappa shape index (κ2) is 3.43. The Kier molecular flexibility index (Phi) is 2.24. The van der Waals surface area contributed by atoms with E-state index in [-0.39, 0.29) is 11.8 Å². The molecule has 0 aliphatic carbocycles. The van der Waals surface area contributed by atoms with Crippen LogP contribution >= 0.6 is 0 Å². The summed E-state index contributed by atoms with van der Waals surface area (Å²) in [7, 11) is 1.86. The van der Waals surface area contributed by atoms with Gasteiger partial charge in [-0.15, -0.1) is 12.3 Å². The fourth-order valence-electron chi connectivity index (χ4n) is 1.80. The molecule has 4 nitrogen and oxygen atoms in total. The first kappa shape index (κ1) is 9.78. The van der Waals surface area contributed by atoms with Gasteiger partial charge in [0, 0.05) is 25.9 Å². The van der Waals surface area contributed by atoms with E-state index in [0.717, 1.165) is 11.4 Å². The minimum atomic E-state index is 0.0390. The minimum absolute atomic E-state index is 0.0390. The van der Waals surface area contributed by atoms with Crippen LogP contribution in [-0.4, -0.2) is 22.2 Å². The second-order valence-corrected chi connectivity index (χ2v) is 3.81. The molecule has 2 rings (SSSR count). The van der Waals surface area contributed by atoms with E-state index in [0.29, 0.717) is 13.0 Å². The summed E-state index contributed by atoms with van der Waals surface area (Å²) in [5, 5.41) is 4.12. The lowest BCUT2D eigenvalue weighted by Gasteiger charge is -2.14. The molecule has 0 aromatic carbocycles. The van der Waals surface area contributed by atoms with E-state index in [9.17, 15) is 4.79 Å². The quantitative estimate of drug-likeness (QED) is 0.631. The summed E-state index contributed by atoms with van der Waals surface area (Å²) in [4.78, 5) is 13.4. The van der Waals surface area contributed by atoms with E-state index in [1.807, 2.05) is 14.0 Å². The third-order valence-electron chi connectivity index (χ3n) is 2.86. The van der Waals surface area contributed by atoms with Crippen LogP contribution < -0.4 is 4.90 Å². The van der Waals surface area contributed by atoms with Crippen molar-refractivity contribution in [3.05, 3.63) is 11.9 Å². The molecule has 0 bridgehead atoms. The van der Waals surface area contributed by atoms with Gasteiger partial charge in [0.15, 0.2) is 0 Å². The number of terminal acetylenes is 1. The standard InChI is InChI=1S/C11H13N3O/c1-4-9-5-11(15)14(7-9)10-6-12-13(3)8(10)2/h1,6,9H,5,7H2,2-3H3. The number of nitrogens with zero attached hydrogens (tertiary/aromatic N) is 3. The van der Waals surface area contributed by atoms with Crippen molar-refractivity contribution in [2.45, 2.75) is 13.3 Å². The molecular formula is C11H13N3O. The van der Waals surface area contributed by atoms with Crippen molar-refractivity contribution in [2.24, 2.45) is 13.0 Å².